The van der Waals surface area contributed by atoms with Crippen LogP contribution in [0.2, 0.25) is 0 Å². The Balaban J connectivity index is 2.77. The van der Waals surface area contributed by atoms with E-state index in [2.05, 4.69) is 29.9 Å². The predicted octanol–water partition coefficient (Wildman–Crippen LogP) is 2.34. The Morgan fingerprint density at radius 3 is 2.79 bits per heavy atom. The molecule has 1 aromatic heterocycles. The highest BCUT2D eigenvalue weighted by Gasteiger charge is 2.06. The van der Waals surface area contributed by atoms with Crippen LogP contribution in [0.25, 0.3) is 10.9 Å². The van der Waals surface area contributed by atoms with Crippen LogP contribution in [-0.4, -0.2) is 9.97 Å². The van der Waals surface area contributed by atoms with Gasteiger partial charge in [0.2, 0.25) is 5.95 Å². The lowest BCUT2D eigenvalue weighted by atomic mass is 10.0. The van der Waals surface area contributed by atoms with Crippen molar-refractivity contribution >= 4 is 16.9 Å². The molecule has 2 N–H and O–H groups in total. The lowest BCUT2D eigenvalue weighted by Gasteiger charge is -2.08. The van der Waals surface area contributed by atoms with Gasteiger partial charge in [-0.05, 0) is 11.5 Å². The monoisotopic (exact) mass is 187 g/mol. The first-order chi connectivity index (χ1) is 6.68. The van der Waals surface area contributed by atoms with Gasteiger partial charge in [0, 0.05) is 11.6 Å². The van der Waals surface area contributed by atoms with Crippen LogP contribution in [0, 0.1) is 0 Å². The summed E-state index contributed by atoms with van der Waals surface area (Å²) in [4.78, 5) is 8.24. The Morgan fingerprint density at radius 1 is 1.29 bits per heavy atom. The summed E-state index contributed by atoms with van der Waals surface area (Å²) in [6, 6.07) is 6.11. The molecule has 0 aliphatic heterocycles. The van der Waals surface area contributed by atoms with Crippen LogP contribution in [0.3, 0.4) is 0 Å². The first-order valence-electron chi connectivity index (χ1n) is 4.69. The first-order valence-corrected chi connectivity index (χ1v) is 4.69. The third-order valence-electron chi connectivity index (χ3n) is 2.28. The number of para-hydroxylation sites is 1. The van der Waals surface area contributed by atoms with Gasteiger partial charge in [0.1, 0.15) is 0 Å². The fourth-order valence-electron chi connectivity index (χ4n) is 1.56. The molecule has 2 aromatic rings. The Labute approximate surface area is 83.0 Å². The maximum atomic E-state index is 5.57. The average molecular weight is 187 g/mol. The molecule has 1 heterocycles. The number of aromatic nitrogens is 2. The van der Waals surface area contributed by atoms with Gasteiger partial charge in [-0.1, -0.05) is 32.0 Å². The second kappa shape index (κ2) is 3.25. The molecule has 14 heavy (non-hydrogen) atoms. The number of benzene rings is 1. The van der Waals surface area contributed by atoms with Crippen molar-refractivity contribution in [3.63, 3.8) is 0 Å². The Morgan fingerprint density at radius 2 is 2.07 bits per heavy atom. The SMILES string of the molecule is CC(C)c1cccc2cnc(N)nc12. The largest absolute Gasteiger partial charge is 0.368 e. The van der Waals surface area contributed by atoms with Gasteiger partial charge < -0.3 is 5.73 Å². The second-order valence-corrected chi connectivity index (χ2v) is 3.67. The predicted molar refractivity (Wildman–Crippen MR) is 58.0 cm³/mol. The van der Waals surface area contributed by atoms with E-state index in [1.165, 1.54) is 5.56 Å². The van der Waals surface area contributed by atoms with E-state index in [1.807, 2.05) is 12.1 Å². The first kappa shape index (κ1) is 8.94. The molecule has 0 bridgehead atoms. The molecule has 0 unspecified atom stereocenters. The van der Waals surface area contributed by atoms with Gasteiger partial charge in [-0.25, -0.2) is 9.97 Å². The summed E-state index contributed by atoms with van der Waals surface area (Å²) in [6.07, 6.45) is 1.77. The Bertz CT molecular complexity index is 463. The van der Waals surface area contributed by atoms with E-state index in [0.29, 0.717) is 11.9 Å². The lowest BCUT2D eigenvalue weighted by molar-refractivity contribution is 0.872. The maximum Gasteiger partial charge on any atom is 0.220 e. The van der Waals surface area contributed by atoms with Crippen LogP contribution in [0.15, 0.2) is 24.4 Å². The summed E-state index contributed by atoms with van der Waals surface area (Å²) in [7, 11) is 0. The summed E-state index contributed by atoms with van der Waals surface area (Å²) in [6.45, 7) is 4.29. The maximum absolute atomic E-state index is 5.57. The van der Waals surface area contributed by atoms with Crippen molar-refractivity contribution in [2.75, 3.05) is 5.73 Å². The highest BCUT2D eigenvalue weighted by molar-refractivity contribution is 5.82. The van der Waals surface area contributed by atoms with Crippen LogP contribution < -0.4 is 5.73 Å². The van der Waals surface area contributed by atoms with Crippen molar-refractivity contribution in [1.82, 2.24) is 9.97 Å². The number of nitrogens with zero attached hydrogens (tertiary/aromatic N) is 2. The quantitative estimate of drug-likeness (QED) is 0.745. The van der Waals surface area contributed by atoms with Gasteiger partial charge in [0.05, 0.1) is 5.52 Å². The number of hydrogen-bond donors (Lipinski definition) is 1. The fraction of sp³-hybridized carbons (Fsp3) is 0.273. The molecule has 72 valence electrons. The third kappa shape index (κ3) is 1.41. The van der Waals surface area contributed by atoms with Crippen molar-refractivity contribution in [2.45, 2.75) is 19.8 Å². The van der Waals surface area contributed by atoms with E-state index in [9.17, 15) is 0 Å². The summed E-state index contributed by atoms with van der Waals surface area (Å²) in [5.41, 5.74) is 7.76. The summed E-state index contributed by atoms with van der Waals surface area (Å²) >= 11 is 0. The van der Waals surface area contributed by atoms with Gasteiger partial charge in [0.25, 0.3) is 0 Å². The van der Waals surface area contributed by atoms with E-state index in [1.54, 1.807) is 6.20 Å². The van der Waals surface area contributed by atoms with Gasteiger partial charge in [-0.2, -0.15) is 0 Å². The lowest BCUT2D eigenvalue weighted by Crippen LogP contribution is -1.97. The van der Waals surface area contributed by atoms with Crippen molar-refractivity contribution in [3.05, 3.63) is 30.0 Å². The minimum Gasteiger partial charge on any atom is -0.368 e. The highest BCUT2D eigenvalue weighted by Crippen LogP contribution is 2.23. The van der Waals surface area contributed by atoms with Crippen molar-refractivity contribution in [2.24, 2.45) is 0 Å². The molecule has 1 aromatic carbocycles. The number of hydrogen-bond acceptors (Lipinski definition) is 3. The van der Waals surface area contributed by atoms with E-state index >= 15 is 0 Å². The Kier molecular flexibility index (Phi) is 2.08. The molecule has 0 saturated carbocycles. The highest BCUT2D eigenvalue weighted by atomic mass is 15.0. The van der Waals surface area contributed by atoms with Gasteiger partial charge >= 0.3 is 0 Å². The average Bonchev–Trinajstić information content (AvgIpc) is 2.16. The zero-order valence-corrected chi connectivity index (χ0v) is 8.36. The van der Waals surface area contributed by atoms with E-state index in [0.717, 1.165) is 10.9 Å². The molecule has 2 rings (SSSR count). The number of nitrogen functional groups attached to an aromatic ring is 1. The molecule has 3 heteroatoms. The van der Waals surface area contributed by atoms with Crippen molar-refractivity contribution < 1.29 is 0 Å². The minimum atomic E-state index is 0.339. The minimum absolute atomic E-state index is 0.339. The smallest absolute Gasteiger partial charge is 0.220 e. The van der Waals surface area contributed by atoms with E-state index in [-0.39, 0.29) is 0 Å². The van der Waals surface area contributed by atoms with E-state index in [4.69, 9.17) is 5.73 Å². The standard InChI is InChI=1S/C11H13N3/c1-7(2)9-5-3-4-8-6-13-11(12)14-10(8)9/h3-7H,1-2H3,(H2,12,13,14). The molecular weight excluding hydrogens is 174 g/mol. The molecule has 0 fully saturated rings. The molecule has 0 aliphatic rings. The summed E-state index contributed by atoms with van der Waals surface area (Å²) in [5, 5.41) is 1.05. The number of nitrogens with two attached hydrogens (primary N) is 1. The fourth-order valence-corrected chi connectivity index (χ4v) is 1.56. The molecule has 0 radical (unpaired) electrons. The van der Waals surface area contributed by atoms with E-state index < -0.39 is 0 Å². The number of fused-ring (bicyclic) bond motifs is 1. The van der Waals surface area contributed by atoms with Gasteiger partial charge in [-0.3, -0.25) is 0 Å². The molecule has 0 saturated heterocycles. The van der Waals surface area contributed by atoms with Crippen molar-refractivity contribution in [3.8, 4) is 0 Å². The normalized spacial score (nSPS) is 11.1. The summed E-state index contributed by atoms with van der Waals surface area (Å²) < 4.78 is 0. The Hall–Kier alpha value is -1.64. The molecule has 0 spiro atoms. The zero-order valence-electron chi connectivity index (χ0n) is 8.36. The molecule has 3 nitrogen and oxygen atoms in total. The third-order valence-corrected chi connectivity index (χ3v) is 2.28. The zero-order chi connectivity index (χ0) is 10.1. The molecular formula is C11H13N3. The van der Waals surface area contributed by atoms with Crippen LogP contribution in [0.4, 0.5) is 5.95 Å². The van der Waals surface area contributed by atoms with Crippen LogP contribution in [0.5, 0.6) is 0 Å². The summed E-state index contributed by atoms with van der Waals surface area (Å²) in [5.74, 6) is 0.790. The van der Waals surface area contributed by atoms with Crippen molar-refractivity contribution in [1.29, 1.82) is 0 Å². The van der Waals surface area contributed by atoms with Gasteiger partial charge in [0.15, 0.2) is 0 Å². The second-order valence-electron chi connectivity index (χ2n) is 3.67. The number of anilines is 1. The van der Waals surface area contributed by atoms with Crippen LogP contribution in [0.1, 0.15) is 25.3 Å². The molecule has 0 atom stereocenters. The molecule has 0 aliphatic carbocycles. The van der Waals surface area contributed by atoms with Crippen LogP contribution in [-0.2, 0) is 0 Å². The molecule has 0 amide bonds. The number of rotatable bonds is 1. The van der Waals surface area contributed by atoms with Crippen LogP contribution >= 0.6 is 0 Å². The topological polar surface area (TPSA) is 51.8 Å². The van der Waals surface area contributed by atoms with Gasteiger partial charge in [-0.15, -0.1) is 0 Å².